The molecule has 1 rings (SSSR count). The number of hydrogen-bond acceptors (Lipinski definition) is 4. The zero-order valence-electron chi connectivity index (χ0n) is 10.3. The van der Waals surface area contributed by atoms with Crippen molar-refractivity contribution in [3.8, 4) is 6.07 Å². The van der Waals surface area contributed by atoms with Crippen molar-refractivity contribution in [3.05, 3.63) is 29.8 Å². The minimum absolute atomic E-state index is 0.257. The zero-order valence-corrected chi connectivity index (χ0v) is 10.3. The number of hydrogen-bond donors (Lipinski definition) is 1. The molecule has 1 aromatic rings. The van der Waals surface area contributed by atoms with Gasteiger partial charge in [0, 0.05) is 5.69 Å². The van der Waals surface area contributed by atoms with E-state index in [0.29, 0.717) is 11.3 Å². The highest BCUT2D eigenvalue weighted by molar-refractivity contribution is 5.92. The van der Waals surface area contributed by atoms with Crippen LogP contribution in [-0.2, 0) is 14.3 Å². The Morgan fingerprint density at radius 1 is 1.33 bits per heavy atom. The van der Waals surface area contributed by atoms with Gasteiger partial charge >= 0.3 is 5.97 Å². The van der Waals surface area contributed by atoms with Gasteiger partial charge in [-0.1, -0.05) is 13.8 Å². The highest BCUT2D eigenvalue weighted by Crippen LogP contribution is 2.08. The highest BCUT2D eigenvalue weighted by atomic mass is 16.5. The van der Waals surface area contributed by atoms with E-state index in [1.807, 2.05) is 6.07 Å². The van der Waals surface area contributed by atoms with Crippen molar-refractivity contribution >= 4 is 17.6 Å². The number of nitriles is 1. The van der Waals surface area contributed by atoms with Crippen LogP contribution in [0.5, 0.6) is 0 Å². The summed E-state index contributed by atoms with van der Waals surface area (Å²) >= 11 is 0. The Bertz CT molecular complexity index is 472. The Balaban J connectivity index is 2.45. The van der Waals surface area contributed by atoms with Crippen molar-refractivity contribution in [2.75, 3.05) is 11.9 Å². The minimum atomic E-state index is -0.412. The van der Waals surface area contributed by atoms with Gasteiger partial charge in [0.2, 0.25) is 0 Å². The standard InChI is InChI=1S/C13H14N2O3/c1-9(2)13(17)18-8-12(16)15-11-5-3-10(7-14)4-6-11/h3-6,9H,8H2,1-2H3,(H,15,16). The third-order valence-corrected chi connectivity index (χ3v) is 2.11. The number of nitrogens with zero attached hydrogens (tertiary/aromatic N) is 1. The first-order chi connectivity index (χ1) is 8.52. The van der Waals surface area contributed by atoms with Crippen LogP contribution < -0.4 is 5.32 Å². The van der Waals surface area contributed by atoms with Gasteiger partial charge < -0.3 is 10.1 Å². The van der Waals surface area contributed by atoms with Crippen LogP contribution >= 0.6 is 0 Å². The van der Waals surface area contributed by atoms with Crippen LogP contribution in [0, 0.1) is 17.2 Å². The lowest BCUT2D eigenvalue weighted by Gasteiger charge is -2.07. The number of carbonyl (C=O) groups excluding carboxylic acids is 2. The van der Waals surface area contributed by atoms with Crippen molar-refractivity contribution in [1.29, 1.82) is 5.26 Å². The molecule has 94 valence electrons. The molecule has 0 spiro atoms. The average Bonchev–Trinajstić information content (AvgIpc) is 2.36. The van der Waals surface area contributed by atoms with E-state index in [1.165, 1.54) is 0 Å². The summed E-state index contributed by atoms with van der Waals surface area (Å²) in [6.07, 6.45) is 0. The number of carbonyl (C=O) groups is 2. The van der Waals surface area contributed by atoms with E-state index in [1.54, 1.807) is 38.1 Å². The van der Waals surface area contributed by atoms with Gasteiger partial charge in [-0.3, -0.25) is 9.59 Å². The Morgan fingerprint density at radius 3 is 2.44 bits per heavy atom. The predicted octanol–water partition coefficient (Wildman–Crippen LogP) is 1.70. The molecule has 0 aliphatic rings. The lowest BCUT2D eigenvalue weighted by Crippen LogP contribution is -2.22. The number of nitrogens with one attached hydrogen (secondary N) is 1. The maximum absolute atomic E-state index is 11.4. The fourth-order valence-corrected chi connectivity index (χ4v) is 1.13. The van der Waals surface area contributed by atoms with Gasteiger partial charge in [-0.15, -0.1) is 0 Å². The second kappa shape index (κ2) is 6.40. The van der Waals surface area contributed by atoms with Crippen molar-refractivity contribution in [2.45, 2.75) is 13.8 Å². The van der Waals surface area contributed by atoms with E-state index >= 15 is 0 Å². The van der Waals surface area contributed by atoms with Crippen molar-refractivity contribution in [3.63, 3.8) is 0 Å². The van der Waals surface area contributed by atoms with Crippen LogP contribution in [0.25, 0.3) is 0 Å². The smallest absolute Gasteiger partial charge is 0.308 e. The van der Waals surface area contributed by atoms with E-state index in [-0.39, 0.29) is 12.5 Å². The van der Waals surface area contributed by atoms with E-state index in [2.05, 4.69) is 5.32 Å². The number of benzene rings is 1. The Labute approximate surface area is 105 Å². The van der Waals surface area contributed by atoms with Crippen LogP contribution in [0.3, 0.4) is 0 Å². The van der Waals surface area contributed by atoms with E-state index in [4.69, 9.17) is 10.00 Å². The lowest BCUT2D eigenvalue weighted by molar-refractivity contribution is -0.150. The summed E-state index contributed by atoms with van der Waals surface area (Å²) in [6.45, 7) is 3.08. The third kappa shape index (κ3) is 4.26. The summed E-state index contributed by atoms with van der Waals surface area (Å²) in [7, 11) is 0. The second-order valence-electron chi connectivity index (χ2n) is 4.00. The molecule has 0 aliphatic carbocycles. The van der Waals surface area contributed by atoms with E-state index in [9.17, 15) is 9.59 Å². The lowest BCUT2D eigenvalue weighted by atomic mass is 10.2. The molecule has 0 saturated heterocycles. The van der Waals surface area contributed by atoms with Crippen molar-refractivity contribution in [1.82, 2.24) is 0 Å². The summed E-state index contributed by atoms with van der Waals surface area (Å²) in [6, 6.07) is 8.39. The second-order valence-corrected chi connectivity index (χ2v) is 4.00. The molecule has 0 aromatic heterocycles. The molecule has 0 heterocycles. The average molecular weight is 246 g/mol. The first-order valence-electron chi connectivity index (χ1n) is 5.49. The number of anilines is 1. The Morgan fingerprint density at radius 2 is 1.94 bits per heavy atom. The number of ether oxygens (including phenoxy) is 1. The molecule has 1 amide bonds. The normalized spacial score (nSPS) is 9.67. The molecule has 0 saturated carbocycles. The molecule has 1 aromatic carbocycles. The topological polar surface area (TPSA) is 79.2 Å². The molecule has 18 heavy (non-hydrogen) atoms. The van der Waals surface area contributed by atoms with Gasteiger partial charge in [-0.25, -0.2) is 0 Å². The van der Waals surface area contributed by atoms with Crippen LogP contribution in [0.4, 0.5) is 5.69 Å². The minimum Gasteiger partial charge on any atom is -0.455 e. The van der Waals surface area contributed by atoms with Gasteiger partial charge in [-0.2, -0.15) is 5.26 Å². The molecule has 0 unspecified atom stereocenters. The van der Waals surface area contributed by atoms with Crippen LogP contribution in [0.1, 0.15) is 19.4 Å². The number of rotatable bonds is 4. The van der Waals surface area contributed by atoms with Crippen molar-refractivity contribution < 1.29 is 14.3 Å². The van der Waals surface area contributed by atoms with Crippen LogP contribution in [0.2, 0.25) is 0 Å². The SMILES string of the molecule is CC(C)C(=O)OCC(=O)Nc1ccc(C#N)cc1. The summed E-state index contributed by atoms with van der Waals surface area (Å²) in [5.74, 6) is -1.08. The molecule has 0 fully saturated rings. The molecule has 0 aliphatic heterocycles. The maximum Gasteiger partial charge on any atom is 0.308 e. The third-order valence-electron chi connectivity index (χ3n) is 2.11. The molecule has 0 atom stereocenters. The van der Waals surface area contributed by atoms with Gasteiger partial charge in [0.05, 0.1) is 17.6 Å². The fourth-order valence-electron chi connectivity index (χ4n) is 1.13. The summed E-state index contributed by atoms with van der Waals surface area (Å²) in [4.78, 5) is 22.6. The fraction of sp³-hybridized carbons (Fsp3) is 0.308. The van der Waals surface area contributed by atoms with E-state index < -0.39 is 11.9 Å². The van der Waals surface area contributed by atoms with Crippen molar-refractivity contribution in [2.24, 2.45) is 5.92 Å². The first-order valence-corrected chi connectivity index (χ1v) is 5.49. The van der Waals surface area contributed by atoms with Gasteiger partial charge in [-0.05, 0) is 24.3 Å². The van der Waals surface area contributed by atoms with E-state index in [0.717, 1.165) is 0 Å². The molecule has 0 bridgehead atoms. The van der Waals surface area contributed by atoms with Crippen LogP contribution in [-0.4, -0.2) is 18.5 Å². The Hall–Kier alpha value is -2.35. The predicted molar refractivity (Wildman–Crippen MR) is 65.6 cm³/mol. The summed E-state index contributed by atoms with van der Waals surface area (Å²) in [5, 5.41) is 11.2. The monoisotopic (exact) mass is 246 g/mol. The molecule has 0 radical (unpaired) electrons. The summed E-state index contributed by atoms with van der Waals surface area (Å²) < 4.78 is 4.78. The highest BCUT2D eigenvalue weighted by Gasteiger charge is 2.11. The molecule has 5 heteroatoms. The largest absolute Gasteiger partial charge is 0.455 e. The molecule has 5 nitrogen and oxygen atoms in total. The quantitative estimate of drug-likeness (QED) is 0.820. The molecular weight excluding hydrogens is 232 g/mol. The van der Waals surface area contributed by atoms with Crippen LogP contribution in [0.15, 0.2) is 24.3 Å². The zero-order chi connectivity index (χ0) is 13.5. The Kier molecular flexibility index (Phi) is 4.88. The number of amides is 1. The first kappa shape index (κ1) is 13.7. The maximum atomic E-state index is 11.4. The molecule has 1 N–H and O–H groups in total. The molecular formula is C13H14N2O3. The van der Waals surface area contributed by atoms with Gasteiger partial charge in [0.25, 0.3) is 5.91 Å². The number of esters is 1. The van der Waals surface area contributed by atoms with Gasteiger partial charge in [0.15, 0.2) is 6.61 Å². The summed E-state index contributed by atoms with van der Waals surface area (Å²) in [5.41, 5.74) is 1.07. The van der Waals surface area contributed by atoms with Gasteiger partial charge in [0.1, 0.15) is 0 Å².